The van der Waals surface area contributed by atoms with Gasteiger partial charge in [-0.15, -0.1) is 0 Å². The maximum absolute atomic E-state index is 9.22. The fraction of sp³-hybridized carbons (Fsp3) is 1.00. The first-order chi connectivity index (χ1) is 5.72. The highest BCUT2D eigenvalue weighted by Gasteiger charge is 2.19. The number of nitrogens with zero attached hydrogens (tertiary/aromatic N) is 1. The summed E-state index contributed by atoms with van der Waals surface area (Å²) in [6.45, 7) is 7.25. The second kappa shape index (κ2) is 5.10. The summed E-state index contributed by atoms with van der Waals surface area (Å²) in [5.74, 6) is 1.23. The fourth-order valence-corrected chi connectivity index (χ4v) is 2.82. The van der Waals surface area contributed by atoms with Crippen LogP contribution in [-0.2, 0) is 0 Å². The molecule has 1 N–H and O–H groups in total. The lowest BCUT2D eigenvalue weighted by molar-refractivity contribution is 0.128. The Morgan fingerprint density at radius 3 is 3.00 bits per heavy atom. The molecule has 12 heavy (non-hydrogen) atoms. The van der Waals surface area contributed by atoms with Crippen molar-refractivity contribution in [2.45, 2.75) is 31.6 Å². The van der Waals surface area contributed by atoms with E-state index in [0.29, 0.717) is 0 Å². The van der Waals surface area contributed by atoms with Crippen LogP contribution in [0.25, 0.3) is 0 Å². The zero-order valence-electron chi connectivity index (χ0n) is 7.99. The van der Waals surface area contributed by atoms with Gasteiger partial charge in [0, 0.05) is 30.6 Å². The smallest absolute Gasteiger partial charge is 0.0639 e. The van der Waals surface area contributed by atoms with Crippen LogP contribution in [0, 0.1) is 0 Å². The molecule has 0 amide bonds. The molecule has 1 heterocycles. The van der Waals surface area contributed by atoms with Crippen LogP contribution in [0.3, 0.4) is 0 Å². The summed E-state index contributed by atoms with van der Waals surface area (Å²) < 4.78 is 0. The molecule has 1 unspecified atom stereocenters. The molecule has 0 aromatic carbocycles. The zero-order valence-corrected chi connectivity index (χ0v) is 8.81. The lowest BCUT2D eigenvalue weighted by Crippen LogP contribution is -2.41. The minimum absolute atomic E-state index is 0.175. The number of hydrogen-bond acceptors (Lipinski definition) is 3. The van der Waals surface area contributed by atoms with Crippen molar-refractivity contribution < 1.29 is 5.11 Å². The molecule has 0 aromatic heterocycles. The minimum Gasteiger partial charge on any atom is -0.392 e. The minimum atomic E-state index is -0.175. The van der Waals surface area contributed by atoms with Crippen molar-refractivity contribution in [3.8, 4) is 0 Å². The molecule has 0 saturated carbocycles. The largest absolute Gasteiger partial charge is 0.392 e. The van der Waals surface area contributed by atoms with Crippen molar-refractivity contribution in [2.75, 3.05) is 25.4 Å². The van der Waals surface area contributed by atoms with Crippen LogP contribution in [0.4, 0.5) is 0 Å². The Kier molecular flexibility index (Phi) is 4.40. The Bertz CT molecular complexity index is 130. The molecule has 1 fully saturated rings. The van der Waals surface area contributed by atoms with Crippen LogP contribution in [0.2, 0.25) is 0 Å². The van der Waals surface area contributed by atoms with Crippen molar-refractivity contribution in [2.24, 2.45) is 0 Å². The molecular formula is C9H19NOS. The summed E-state index contributed by atoms with van der Waals surface area (Å²) in [5.41, 5.74) is 0. The predicted molar refractivity (Wildman–Crippen MR) is 54.7 cm³/mol. The summed E-state index contributed by atoms with van der Waals surface area (Å²) in [6.07, 6.45) is 1.08. The maximum atomic E-state index is 9.22. The summed E-state index contributed by atoms with van der Waals surface area (Å²) in [6, 6.07) is 0. The number of β-amino-alcohol motifs (C(OH)–C–C–N with tert-alkyl or cyclic N) is 1. The highest BCUT2D eigenvalue weighted by molar-refractivity contribution is 8.00. The second-order valence-corrected chi connectivity index (χ2v) is 4.92. The van der Waals surface area contributed by atoms with E-state index in [1.165, 1.54) is 12.2 Å². The first-order valence-corrected chi connectivity index (χ1v) is 5.79. The van der Waals surface area contributed by atoms with Crippen molar-refractivity contribution in [3.05, 3.63) is 0 Å². The normalized spacial score (nSPS) is 28.8. The Morgan fingerprint density at radius 1 is 1.67 bits per heavy atom. The van der Waals surface area contributed by atoms with Gasteiger partial charge in [-0.3, -0.25) is 4.90 Å². The summed E-state index contributed by atoms with van der Waals surface area (Å²) in [5, 5.41) is 10.0. The third kappa shape index (κ3) is 3.33. The average Bonchev–Trinajstić information content (AvgIpc) is 2.03. The van der Waals surface area contributed by atoms with Gasteiger partial charge in [-0.05, 0) is 13.3 Å². The van der Waals surface area contributed by atoms with Crippen LogP contribution in [0.5, 0.6) is 0 Å². The molecule has 0 spiro atoms. The van der Waals surface area contributed by atoms with Gasteiger partial charge in [-0.2, -0.15) is 11.8 Å². The Hall–Kier alpha value is 0.270. The molecule has 1 aliphatic heterocycles. The van der Waals surface area contributed by atoms with Gasteiger partial charge < -0.3 is 5.11 Å². The Labute approximate surface area is 79.3 Å². The third-order valence-corrected chi connectivity index (χ3v) is 3.57. The molecule has 0 aromatic rings. The van der Waals surface area contributed by atoms with E-state index in [0.717, 1.165) is 24.9 Å². The van der Waals surface area contributed by atoms with Crippen LogP contribution in [-0.4, -0.2) is 46.7 Å². The van der Waals surface area contributed by atoms with Gasteiger partial charge in [-0.1, -0.05) is 6.92 Å². The lowest BCUT2D eigenvalue weighted by Gasteiger charge is -2.32. The molecule has 0 radical (unpaired) electrons. The van der Waals surface area contributed by atoms with Crippen LogP contribution < -0.4 is 0 Å². The molecule has 72 valence electrons. The molecule has 0 aliphatic carbocycles. The highest BCUT2D eigenvalue weighted by Crippen LogP contribution is 2.20. The van der Waals surface area contributed by atoms with Crippen molar-refractivity contribution in [1.29, 1.82) is 0 Å². The third-order valence-electron chi connectivity index (χ3n) is 2.20. The molecule has 0 bridgehead atoms. The lowest BCUT2D eigenvalue weighted by atomic mass is 10.2. The van der Waals surface area contributed by atoms with Gasteiger partial charge in [0.25, 0.3) is 0 Å². The van der Waals surface area contributed by atoms with Crippen LogP contribution >= 0.6 is 11.8 Å². The van der Waals surface area contributed by atoms with Gasteiger partial charge in [0.1, 0.15) is 0 Å². The summed E-state index contributed by atoms with van der Waals surface area (Å²) in [4.78, 5) is 2.37. The van der Waals surface area contributed by atoms with E-state index in [4.69, 9.17) is 0 Å². The fourth-order valence-electron chi connectivity index (χ4n) is 1.57. The summed E-state index contributed by atoms with van der Waals surface area (Å²) in [7, 11) is 0. The van der Waals surface area contributed by atoms with Gasteiger partial charge in [-0.25, -0.2) is 0 Å². The van der Waals surface area contributed by atoms with Crippen molar-refractivity contribution in [3.63, 3.8) is 0 Å². The molecule has 1 rings (SSSR count). The monoisotopic (exact) mass is 189 g/mol. The molecule has 2 nitrogen and oxygen atoms in total. The predicted octanol–water partition coefficient (Wildman–Crippen LogP) is 1.19. The van der Waals surface area contributed by atoms with Crippen molar-refractivity contribution >= 4 is 11.8 Å². The number of hydrogen-bond donors (Lipinski definition) is 1. The van der Waals surface area contributed by atoms with E-state index < -0.39 is 0 Å². The van der Waals surface area contributed by atoms with Gasteiger partial charge in [0.2, 0.25) is 0 Å². The molecular weight excluding hydrogens is 170 g/mol. The summed E-state index contributed by atoms with van der Waals surface area (Å²) >= 11 is 2.07. The highest BCUT2D eigenvalue weighted by atomic mass is 32.2. The molecule has 3 heteroatoms. The van der Waals surface area contributed by atoms with E-state index in [2.05, 4.69) is 23.6 Å². The molecule has 2 atom stereocenters. The second-order valence-electron chi connectivity index (χ2n) is 3.51. The number of rotatable bonds is 3. The zero-order chi connectivity index (χ0) is 8.97. The van der Waals surface area contributed by atoms with E-state index in [1.54, 1.807) is 0 Å². The van der Waals surface area contributed by atoms with E-state index in [1.807, 2.05) is 6.92 Å². The molecule has 1 aliphatic rings. The van der Waals surface area contributed by atoms with Gasteiger partial charge in [0.15, 0.2) is 0 Å². The van der Waals surface area contributed by atoms with E-state index in [9.17, 15) is 5.11 Å². The Morgan fingerprint density at radius 2 is 2.42 bits per heavy atom. The van der Waals surface area contributed by atoms with E-state index >= 15 is 0 Å². The Balaban J connectivity index is 2.25. The molecule has 1 saturated heterocycles. The van der Waals surface area contributed by atoms with Gasteiger partial charge in [0.05, 0.1) is 6.10 Å². The van der Waals surface area contributed by atoms with Crippen LogP contribution in [0.15, 0.2) is 0 Å². The number of aliphatic hydroxyl groups excluding tert-OH is 1. The standard InChI is InChI=1S/C9H19NOS/c1-3-9-7-10(4-5-12-9)6-8(2)11/h8-9,11H,3-7H2,1-2H3/t8-,9?/m1/s1. The quantitative estimate of drug-likeness (QED) is 0.721. The van der Waals surface area contributed by atoms with Gasteiger partial charge >= 0.3 is 0 Å². The topological polar surface area (TPSA) is 23.5 Å². The number of aliphatic hydroxyl groups is 1. The maximum Gasteiger partial charge on any atom is 0.0639 e. The number of thioether (sulfide) groups is 1. The van der Waals surface area contributed by atoms with Crippen molar-refractivity contribution in [1.82, 2.24) is 4.90 Å². The SMILES string of the molecule is CCC1CN(C[C@@H](C)O)CCS1. The first-order valence-electron chi connectivity index (χ1n) is 4.74. The van der Waals surface area contributed by atoms with Crippen LogP contribution in [0.1, 0.15) is 20.3 Å². The van der Waals surface area contributed by atoms with E-state index in [-0.39, 0.29) is 6.10 Å². The first kappa shape index (κ1) is 10.4. The average molecular weight is 189 g/mol.